The van der Waals surface area contributed by atoms with E-state index in [4.69, 9.17) is 9.47 Å². The van der Waals surface area contributed by atoms with Crippen LogP contribution >= 0.6 is 0 Å². The third-order valence-electron chi connectivity index (χ3n) is 6.94. The predicted octanol–water partition coefficient (Wildman–Crippen LogP) is 6.79. The number of piperazine rings is 1. The molecule has 45 heavy (non-hydrogen) atoms. The highest BCUT2D eigenvalue weighted by atomic mass is 19.1. The fourth-order valence-corrected chi connectivity index (χ4v) is 4.93. The van der Waals surface area contributed by atoms with Crippen LogP contribution in [-0.4, -0.2) is 74.5 Å². The fraction of sp³-hybridized carbons (Fsp3) is 0.611. The van der Waals surface area contributed by atoms with Crippen LogP contribution in [0.2, 0.25) is 0 Å². The first-order valence-corrected chi connectivity index (χ1v) is 16.4. The molecule has 0 aromatic heterocycles. The molecule has 1 heterocycles. The normalized spacial score (nSPS) is 14.3. The smallest absolute Gasteiger partial charge is 0.408 e. The lowest BCUT2D eigenvalue weighted by atomic mass is 9.98. The zero-order valence-corrected chi connectivity index (χ0v) is 29.7. The quantitative estimate of drug-likeness (QED) is 0.301. The minimum absolute atomic E-state index is 0.127. The number of methoxy groups -OCH3 is 1. The molecular formula is C36H59FN4O4. The van der Waals surface area contributed by atoms with E-state index < -0.39 is 17.7 Å². The van der Waals surface area contributed by atoms with Crippen molar-refractivity contribution in [2.24, 2.45) is 0 Å². The van der Waals surface area contributed by atoms with Crippen molar-refractivity contribution in [1.82, 2.24) is 15.5 Å². The Kier molecular flexibility index (Phi) is 17.8. The number of aryl methyl sites for hydroxylation is 2. The Hall–Kier alpha value is -3.17. The van der Waals surface area contributed by atoms with Crippen LogP contribution < -0.4 is 15.5 Å². The highest BCUT2D eigenvalue weighted by molar-refractivity contribution is 5.86. The zero-order chi connectivity index (χ0) is 34.2. The summed E-state index contributed by atoms with van der Waals surface area (Å²) in [6, 6.07) is 10.3. The van der Waals surface area contributed by atoms with E-state index in [9.17, 15) is 14.0 Å². The minimum Gasteiger partial charge on any atom is -0.444 e. The third-order valence-corrected chi connectivity index (χ3v) is 6.94. The lowest BCUT2D eigenvalue weighted by Gasteiger charge is -2.38. The van der Waals surface area contributed by atoms with E-state index in [2.05, 4.69) is 35.4 Å². The third kappa shape index (κ3) is 14.2. The van der Waals surface area contributed by atoms with Crippen molar-refractivity contribution < 1.29 is 23.5 Å². The maximum absolute atomic E-state index is 14.1. The van der Waals surface area contributed by atoms with Crippen molar-refractivity contribution in [3.63, 3.8) is 0 Å². The molecule has 0 bridgehead atoms. The minimum atomic E-state index is -0.754. The molecule has 9 heteroatoms. The van der Waals surface area contributed by atoms with Crippen molar-refractivity contribution in [3.05, 3.63) is 64.5 Å². The number of benzene rings is 2. The van der Waals surface area contributed by atoms with Crippen molar-refractivity contribution in [2.75, 3.05) is 44.8 Å². The molecule has 2 N–H and O–H groups in total. The number of rotatable bonds is 10. The Balaban J connectivity index is 0.00000191. The van der Waals surface area contributed by atoms with Gasteiger partial charge in [0.1, 0.15) is 17.5 Å². The highest BCUT2D eigenvalue weighted by Gasteiger charge is 2.31. The van der Waals surface area contributed by atoms with E-state index in [0.29, 0.717) is 45.8 Å². The molecule has 1 aliphatic heterocycles. The monoisotopic (exact) mass is 630 g/mol. The maximum Gasteiger partial charge on any atom is 0.408 e. The molecule has 0 spiro atoms. The number of carbonyl (C=O) groups is 2. The van der Waals surface area contributed by atoms with Gasteiger partial charge in [-0.3, -0.25) is 4.79 Å². The SMILES string of the molecule is CC.CCC.COCC(C)NCc1cc(F)ccc1N1CCN(C(=O)C(Cc2ccc(C)cc2C)NC(=O)OC(C)(C)C)CC1. The first-order chi connectivity index (χ1) is 21.3. The van der Waals surface area contributed by atoms with E-state index in [-0.39, 0.29) is 17.8 Å². The zero-order valence-electron chi connectivity index (χ0n) is 29.7. The Labute approximate surface area is 272 Å². The molecule has 8 nitrogen and oxygen atoms in total. The topological polar surface area (TPSA) is 83.1 Å². The van der Waals surface area contributed by atoms with Crippen LogP contribution in [0.1, 0.15) is 84.1 Å². The maximum atomic E-state index is 14.1. The number of alkyl carbamates (subject to hydrolysis) is 1. The van der Waals surface area contributed by atoms with Gasteiger partial charge in [0.15, 0.2) is 0 Å². The summed E-state index contributed by atoms with van der Waals surface area (Å²) in [5, 5.41) is 6.21. The molecule has 0 saturated carbocycles. The number of anilines is 1. The molecule has 0 aliphatic carbocycles. The average molecular weight is 631 g/mol. The molecular weight excluding hydrogens is 571 g/mol. The molecule has 2 aromatic rings. The number of amides is 2. The number of nitrogens with one attached hydrogen (secondary N) is 2. The molecule has 3 rings (SSSR count). The Bertz CT molecular complexity index is 1180. The second-order valence-electron chi connectivity index (χ2n) is 12.4. The summed E-state index contributed by atoms with van der Waals surface area (Å²) in [6.45, 7) is 22.9. The van der Waals surface area contributed by atoms with Crippen LogP contribution in [0.4, 0.5) is 14.9 Å². The first-order valence-electron chi connectivity index (χ1n) is 16.4. The summed E-state index contributed by atoms with van der Waals surface area (Å²) in [7, 11) is 1.65. The molecule has 0 radical (unpaired) electrons. The Morgan fingerprint density at radius 1 is 0.978 bits per heavy atom. The highest BCUT2D eigenvalue weighted by Crippen LogP contribution is 2.24. The van der Waals surface area contributed by atoms with Crippen molar-refractivity contribution in [2.45, 2.75) is 106 Å². The molecule has 2 unspecified atom stereocenters. The molecule has 2 atom stereocenters. The van der Waals surface area contributed by atoms with Gasteiger partial charge in [-0.05, 0) is 76.4 Å². The lowest BCUT2D eigenvalue weighted by molar-refractivity contribution is -0.133. The van der Waals surface area contributed by atoms with Gasteiger partial charge in [-0.1, -0.05) is 57.9 Å². The Morgan fingerprint density at radius 3 is 2.16 bits per heavy atom. The van der Waals surface area contributed by atoms with Crippen LogP contribution in [0.25, 0.3) is 0 Å². The van der Waals surface area contributed by atoms with Gasteiger partial charge >= 0.3 is 6.09 Å². The molecule has 2 amide bonds. The summed E-state index contributed by atoms with van der Waals surface area (Å²) in [5.74, 6) is -0.420. The first kappa shape index (κ1) is 39.9. The number of hydrogen-bond acceptors (Lipinski definition) is 6. The second kappa shape index (κ2) is 20.1. The van der Waals surface area contributed by atoms with Gasteiger partial charge in [-0.15, -0.1) is 0 Å². The van der Waals surface area contributed by atoms with Gasteiger partial charge in [0, 0.05) is 58.0 Å². The predicted molar refractivity (Wildman–Crippen MR) is 183 cm³/mol. The van der Waals surface area contributed by atoms with Gasteiger partial charge in [-0.25, -0.2) is 9.18 Å². The van der Waals surface area contributed by atoms with Crippen LogP contribution in [-0.2, 0) is 27.2 Å². The molecule has 2 aromatic carbocycles. The Morgan fingerprint density at radius 2 is 1.60 bits per heavy atom. The summed E-state index contributed by atoms with van der Waals surface area (Å²) in [6.07, 6.45) is 1.01. The van der Waals surface area contributed by atoms with Crippen LogP contribution in [0, 0.1) is 19.7 Å². The summed E-state index contributed by atoms with van der Waals surface area (Å²) < 4.78 is 24.8. The number of carbonyl (C=O) groups excluding carboxylic acids is 2. The summed E-state index contributed by atoms with van der Waals surface area (Å²) >= 11 is 0. The number of halogens is 1. The van der Waals surface area contributed by atoms with Crippen molar-refractivity contribution in [1.29, 1.82) is 0 Å². The van der Waals surface area contributed by atoms with E-state index in [1.807, 2.05) is 46.8 Å². The van der Waals surface area contributed by atoms with Gasteiger partial charge in [0.05, 0.1) is 6.61 Å². The number of ether oxygens (including phenoxy) is 2. The van der Waals surface area contributed by atoms with Crippen molar-refractivity contribution >= 4 is 17.7 Å². The molecule has 1 saturated heterocycles. The van der Waals surface area contributed by atoms with E-state index in [0.717, 1.165) is 27.9 Å². The van der Waals surface area contributed by atoms with Gasteiger partial charge in [-0.2, -0.15) is 0 Å². The average Bonchev–Trinajstić information content (AvgIpc) is 2.97. The second-order valence-corrected chi connectivity index (χ2v) is 12.4. The standard InChI is InChI=1S/C31H45FN4O4.C3H8.C2H6/c1-21-8-9-24(22(2)16-21)18-27(34-30(38)40-31(4,5)6)29(37)36-14-12-35(13-15-36)28-11-10-26(32)17-25(28)19-33-23(3)20-39-7;1-3-2;1-2/h8-11,16-17,23,27,33H,12-15,18-20H2,1-7H3,(H,34,38);3H2,1-2H3;1-2H3. The lowest BCUT2D eigenvalue weighted by Crippen LogP contribution is -2.56. The van der Waals surface area contributed by atoms with Crippen LogP contribution in [0.15, 0.2) is 36.4 Å². The summed E-state index contributed by atoms with van der Waals surface area (Å²) in [4.78, 5) is 30.4. The van der Waals surface area contributed by atoms with E-state index in [1.165, 1.54) is 12.5 Å². The molecule has 1 aliphatic rings. The van der Waals surface area contributed by atoms with Gasteiger partial charge in [0.2, 0.25) is 5.91 Å². The fourth-order valence-electron chi connectivity index (χ4n) is 4.93. The number of nitrogens with zero attached hydrogens (tertiary/aromatic N) is 2. The largest absolute Gasteiger partial charge is 0.444 e. The van der Waals surface area contributed by atoms with Crippen LogP contribution in [0.5, 0.6) is 0 Å². The van der Waals surface area contributed by atoms with Gasteiger partial charge in [0.25, 0.3) is 0 Å². The van der Waals surface area contributed by atoms with Crippen LogP contribution in [0.3, 0.4) is 0 Å². The number of hydrogen-bond donors (Lipinski definition) is 2. The van der Waals surface area contributed by atoms with Gasteiger partial charge < -0.3 is 29.9 Å². The van der Waals surface area contributed by atoms with E-state index >= 15 is 0 Å². The van der Waals surface area contributed by atoms with Crippen molar-refractivity contribution in [3.8, 4) is 0 Å². The van der Waals surface area contributed by atoms with E-state index in [1.54, 1.807) is 44.9 Å². The molecule has 254 valence electrons. The molecule has 1 fully saturated rings. The summed E-state index contributed by atoms with van der Waals surface area (Å²) in [5.41, 5.74) is 4.36.